The second kappa shape index (κ2) is 11.3. The molecule has 0 bridgehead atoms. The van der Waals surface area contributed by atoms with Gasteiger partial charge in [0.05, 0.1) is 4.90 Å². The maximum Gasteiger partial charge on any atom is 0.253 e. The van der Waals surface area contributed by atoms with Crippen LogP contribution in [0, 0.1) is 5.92 Å². The molecule has 2 heterocycles. The summed E-state index contributed by atoms with van der Waals surface area (Å²) in [4.78, 5) is 18.0. The standard InChI is InChI=1S/C26H41N3O3S/c1-27(24-11-5-4-6-12-24)33(31,32)25-13-9-10-23(20-25)26(30)29-18-14-22(15-19-29)21-28-16-7-2-3-8-17-28/h9-10,13,20,22,24H,2-8,11-12,14-19,21H2,1H3. The molecule has 1 aromatic rings. The molecule has 2 saturated heterocycles. The van der Waals surface area contributed by atoms with Crippen molar-refractivity contribution in [2.45, 2.75) is 81.6 Å². The molecule has 33 heavy (non-hydrogen) atoms. The van der Waals surface area contributed by atoms with Crippen LogP contribution in [0.4, 0.5) is 0 Å². The molecule has 0 N–H and O–H groups in total. The van der Waals surface area contributed by atoms with Gasteiger partial charge in [0.1, 0.15) is 0 Å². The van der Waals surface area contributed by atoms with Crippen molar-refractivity contribution in [2.24, 2.45) is 5.92 Å². The number of carbonyl (C=O) groups excluding carboxylic acids is 1. The Balaban J connectivity index is 1.36. The minimum atomic E-state index is -3.60. The Bertz CT molecular complexity index is 882. The van der Waals surface area contributed by atoms with Gasteiger partial charge in [-0.2, -0.15) is 4.31 Å². The minimum Gasteiger partial charge on any atom is -0.339 e. The van der Waals surface area contributed by atoms with Crippen molar-refractivity contribution in [3.63, 3.8) is 0 Å². The van der Waals surface area contributed by atoms with Gasteiger partial charge in [0.2, 0.25) is 10.0 Å². The highest BCUT2D eigenvalue weighted by Crippen LogP contribution is 2.27. The van der Waals surface area contributed by atoms with Crippen LogP contribution in [0.15, 0.2) is 29.2 Å². The molecule has 0 radical (unpaired) electrons. The van der Waals surface area contributed by atoms with Crippen LogP contribution >= 0.6 is 0 Å². The van der Waals surface area contributed by atoms with Gasteiger partial charge < -0.3 is 9.80 Å². The van der Waals surface area contributed by atoms with Crippen molar-refractivity contribution < 1.29 is 13.2 Å². The van der Waals surface area contributed by atoms with Crippen LogP contribution in [-0.2, 0) is 10.0 Å². The third kappa shape index (κ3) is 6.17. The van der Waals surface area contributed by atoms with Crippen molar-refractivity contribution in [1.29, 1.82) is 0 Å². The summed E-state index contributed by atoms with van der Waals surface area (Å²) in [5.41, 5.74) is 0.485. The van der Waals surface area contributed by atoms with E-state index in [-0.39, 0.29) is 16.8 Å². The van der Waals surface area contributed by atoms with E-state index in [9.17, 15) is 13.2 Å². The number of amides is 1. The summed E-state index contributed by atoms with van der Waals surface area (Å²) in [5.74, 6) is 0.614. The predicted octanol–water partition coefficient (Wildman–Crippen LogP) is 4.37. The average Bonchev–Trinajstić information content (AvgIpc) is 3.13. The average molecular weight is 476 g/mol. The fourth-order valence-electron chi connectivity index (χ4n) is 5.78. The molecule has 6 nitrogen and oxygen atoms in total. The van der Waals surface area contributed by atoms with Gasteiger partial charge in [-0.05, 0) is 75.7 Å². The molecule has 0 aromatic heterocycles. The summed E-state index contributed by atoms with van der Waals surface area (Å²) in [6.45, 7) is 5.11. The van der Waals surface area contributed by atoms with Gasteiger partial charge in [-0.3, -0.25) is 4.79 Å². The molecule has 1 aromatic carbocycles. The minimum absolute atomic E-state index is 0.0411. The molecule has 0 atom stereocenters. The monoisotopic (exact) mass is 475 g/mol. The maximum atomic E-state index is 13.2. The second-order valence-corrected chi connectivity index (χ2v) is 12.3. The highest BCUT2D eigenvalue weighted by molar-refractivity contribution is 7.89. The van der Waals surface area contributed by atoms with E-state index < -0.39 is 10.0 Å². The molecule has 0 spiro atoms. The largest absolute Gasteiger partial charge is 0.339 e. The van der Waals surface area contributed by atoms with E-state index in [1.54, 1.807) is 31.3 Å². The Kier molecular flexibility index (Phi) is 8.47. The first-order valence-corrected chi connectivity index (χ1v) is 14.5. The van der Waals surface area contributed by atoms with E-state index in [4.69, 9.17) is 0 Å². The Hall–Kier alpha value is -1.44. The Morgan fingerprint density at radius 2 is 1.55 bits per heavy atom. The van der Waals surface area contributed by atoms with E-state index in [0.29, 0.717) is 11.5 Å². The van der Waals surface area contributed by atoms with Gasteiger partial charge in [0, 0.05) is 38.3 Å². The topological polar surface area (TPSA) is 60.9 Å². The molecular formula is C26H41N3O3S. The Labute approximate surface area is 200 Å². The number of hydrogen-bond acceptors (Lipinski definition) is 4. The lowest BCUT2D eigenvalue weighted by molar-refractivity contribution is 0.0667. The fourth-order valence-corrected chi connectivity index (χ4v) is 7.24. The van der Waals surface area contributed by atoms with Gasteiger partial charge in [0.25, 0.3) is 5.91 Å². The summed E-state index contributed by atoms with van der Waals surface area (Å²) in [5, 5.41) is 0. The molecule has 1 amide bonds. The van der Waals surface area contributed by atoms with Crippen LogP contribution in [0.1, 0.15) is 81.0 Å². The van der Waals surface area contributed by atoms with E-state index in [1.807, 2.05) is 4.90 Å². The van der Waals surface area contributed by atoms with Crippen molar-refractivity contribution in [2.75, 3.05) is 39.8 Å². The summed E-state index contributed by atoms with van der Waals surface area (Å²) in [6.07, 6.45) is 12.6. The van der Waals surface area contributed by atoms with Crippen molar-refractivity contribution in [3.8, 4) is 0 Å². The van der Waals surface area contributed by atoms with E-state index in [1.165, 1.54) is 49.5 Å². The molecule has 0 unspecified atom stereocenters. The zero-order valence-electron chi connectivity index (χ0n) is 20.3. The zero-order chi connectivity index (χ0) is 23.3. The van der Waals surface area contributed by atoms with Crippen LogP contribution in [0.25, 0.3) is 0 Å². The second-order valence-electron chi connectivity index (χ2n) is 10.3. The number of likely N-dealkylation sites (tertiary alicyclic amines) is 2. The number of piperidine rings is 1. The highest BCUT2D eigenvalue weighted by atomic mass is 32.2. The first kappa shape index (κ1) is 24.7. The molecule has 3 fully saturated rings. The maximum absolute atomic E-state index is 13.2. The van der Waals surface area contributed by atoms with Gasteiger partial charge in [-0.25, -0.2) is 8.42 Å². The quantitative estimate of drug-likeness (QED) is 0.613. The van der Waals surface area contributed by atoms with Gasteiger partial charge in [0.15, 0.2) is 0 Å². The number of rotatable bonds is 6. The van der Waals surface area contributed by atoms with Crippen LogP contribution in [-0.4, -0.2) is 74.2 Å². The predicted molar refractivity (Wildman–Crippen MR) is 132 cm³/mol. The lowest BCUT2D eigenvalue weighted by atomic mass is 9.95. The van der Waals surface area contributed by atoms with E-state index >= 15 is 0 Å². The molecule has 3 aliphatic rings. The molecule has 1 aliphatic carbocycles. The van der Waals surface area contributed by atoms with Crippen LogP contribution in [0.2, 0.25) is 0 Å². The van der Waals surface area contributed by atoms with Crippen molar-refractivity contribution in [1.82, 2.24) is 14.1 Å². The summed E-state index contributed by atoms with van der Waals surface area (Å²) in [7, 11) is -1.91. The Morgan fingerprint density at radius 3 is 2.21 bits per heavy atom. The number of sulfonamides is 1. The fraction of sp³-hybridized carbons (Fsp3) is 0.731. The van der Waals surface area contributed by atoms with Crippen LogP contribution in [0.5, 0.6) is 0 Å². The normalized spacial score (nSPS) is 22.4. The highest BCUT2D eigenvalue weighted by Gasteiger charge is 2.30. The molecular weight excluding hydrogens is 434 g/mol. The third-order valence-corrected chi connectivity index (χ3v) is 9.87. The van der Waals surface area contributed by atoms with Crippen LogP contribution < -0.4 is 0 Å². The summed E-state index contributed by atoms with van der Waals surface area (Å²) >= 11 is 0. The molecule has 1 saturated carbocycles. The number of hydrogen-bond donors (Lipinski definition) is 0. The molecule has 2 aliphatic heterocycles. The number of carbonyl (C=O) groups is 1. The molecule has 184 valence electrons. The van der Waals surface area contributed by atoms with E-state index in [0.717, 1.165) is 58.2 Å². The third-order valence-electron chi connectivity index (χ3n) is 7.96. The van der Waals surface area contributed by atoms with Gasteiger partial charge >= 0.3 is 0 Å². The van der Waals surface area contributed by atoms with Gasteiger partial charge in [-0.15, -0.1) is 0 Å². The zero-order valence-corrected chi connectivity index (χ0v) is 21.1. The Morgan fingerprint density at radius 1 is 0.909 bits per heavy atom. The SMILES string of the molecule is CN(C1CCCCC1)S(=O)(=O)c1cccc(C(=O)N2CCC(CN3CCCCCC3)CC2)c1. The summed E-state index contributed by atoms with van der Waals surface area (Å²) in [6, 6.07) is 6.73. The van der Waals surface area contributed by atoms with E-state index in [2.05, 4.69) is 4.90 Å². The van der Waals surface area contributed by atoms with Crippen LogP contribution in [0.3, 0.4) is 0 Å². The first-order valence-electron chi connectivity index (χ1n) is 13.0. The first-order chi connectivity index (χ1) is 15.9. The number of benzene rings is 1. The lowest BCUT2D eigenvalue weighted by Crippen LogP contribution is -2.42. The number of nitrogens with zero attached hydrogens (tertiary/aromatic N) is 3. The lowest BCUT2D eigenvalue weighted by Gasteiger charge is -2.35. The molecule has 7 heteroatoms. The summed E-state index contributed by atoms with van der Waals surface area (Å²) < 4.78 is 28.0. The van der Waals surface area contributed by atoms with Gasteiger partial charge in [-0.1, -0.05) is 38.2 Å². The molecule has 4 rings (SSSR count). The smallest absolute Gasteiger partial charge is 0.253 e. The van der Waals surface area contributed by atoms with Crippen molar-refractivity contribution in [3.05, 3.63) is 29.8 Å². The van der Waals surface area contributed by atoms with Crippen molar-refractivity contribution >= 4 is 15.9 Å².